The van der Waals surface area contributed by atoms with Crippen LogP contribution in [0.2, 0.25) is 0 Å². The van der Waals surface area contributed by atoms with E-state index in [1.54, 1.807) is 12.4 Å². The molecular weight excluding hydrogens is 430 g/mol. The molecule has 2 aromatic heterocycles. The molecule has 0 amide bonds. The number of nitrogens with zero attached hydrogens (tertiary/aromatic N) is 6. The number of rotatable bonds is 6. The van der Waals surface area contributed by atoms with E-state index < -0.39 is 0 Å². The van der Waals surface area contributed by atoms with Gasteiger partial charge in [0.2, 0.25) is 5.95 Å². The van der Waals surface area contributed by atoms with Gasteiger partial charge >= 0.3 is 0 Å². The summed E-state index contributed by atoms with van der Waals surface area (Å²) in [5.74, 6) is 1.54. The zero-order valence-electron chi connectivity index (χ0n) is 19.4. The fourth-order valence-corrected chi connectivity index (χ4v) is 4.94. The van der Waals surface area contributed by atoms with Crippen LogP contribution < -0.4 is 19.9 Å². The van der Waals surface area contributed by atoms with Crippen molar-refractivity contribution < 1.29 is 9.47 Å². The Morgan fingerprint density at radius 2 is 1.56 bits per heavy atom. The second kappa shape index (κ2) is 9.58. The second-order valence-electron chi connectivity index (χ2n) is 9.31. The summed E-state index contributed by atoms with van der Waals surface area (Å²) in [6, 6.07) is 4.60. The van der Waals surface area contributed by atoms with Gasteiger partial charge in [-0.3, -0.25) is 4.98 Å². The first-order valence-electron chi connectivity index (χ1n) is 12.4. The summed E-state index contributed by atoms with van der Waals surface area (Å²) >= 11 is 0. The van der Waals surface area contributed by atoms with Crippen molar-refractivity contribution in [3.05, 3.63) is 36.9 Å². The fraction of sp³-hybridized carbons (Fsp3) is 0.520. The lowest BCUT2D eigenvalue weighted by molar-refractivity contribution is 0.122. The minimum Gasteiger partial charge on any atom is -0.488 e. The lowest BCUT2D eigenvalue weighted by Gasteiger charge is -2.33. The van der Waals surface area contributed by atoms with E-state index in [1.807, 2.05) is 12.4 Å². The second-order valence-corrected chi connectivity index (χ2v) is 9.31. The number of hydrogen-bond acceptors (Lipinski definition) is 9. The van der Waals surface area contributed by atoms with Crippen molar-refractivity contribution in [2.75, 3.05) is 54.5 Å². The van der Waals surface area contributed by atoms with E-state index in [9.17, 15) is 0 Å². The molecule has 1 saturated carbocycles. The number of fused-ring (bicyclic) bond motifs is 1. The van der Waals surface area contributed by atoms with Gasteiger partial charge in [-0.25, -0.2) is 15.0 Å². The number of morpholine rings is 1. The van der Waals surface area contributed by atoms with Crippen LogP contribution in [0.3, 0.4) is 0 Å². The Morgan fingerprint density at radius 1 is 0.824 bits per heavy atom. The van der Waals surface area contributed by atoms with Gasteiger partial charge in [0.1, 0.15) is 11.3 Å². The molecule has 4 heterocycles. The Hall–Kier alpha value is -3.20. The Morgan fingerprint density at radius 3 is 2.29 bits per heavy atom. The molecule has 3 aromatic rings. The SMILES string of the molecule is c1cnc2c(O[C@H]3CC[C@@H](Nc4ncc(N5CCC5)cn4)CC3)cc(N3CCOCC3)cc2n1. The molecule has 2 saturated heterocycles. The molecule has 34 heavy (non-hydrogen) atoms. The molecule has 6 rings (SSSR count). The van der Waals surface area contributed by atoms with Crippen LogP contribution in [-0.2, 0) is 4.74 Å². The predicted octanol–water partition coefficient (Wildman–Crippen LogP) is 3.27. The molecule has 0 bridgehead atoms. The topological polar surface area (TPSA) is 88.5 Å². The Labute approximate surface area is 199 Å². The number of aromatic nitrogens is 4. The van der Waals surface area contributed by atoms with E-state index >= 15 is 0 Å². The van der Waals surface area contributed by atoms with Crippen molar-refractivity contribution >= 4 is 28.4 Å². The monoisotopic (exact) mass is 461 g/mol. The van der Waals surface area contributed by atoms with E-state index in [0.29, 0.717) is 12.0 Å². The molecule has 0 unspecified atom stereocenters. The minimum atomic E-state index is 0.165. The average Bonchev–Trinajstić information content (AvgIpc) is 2.86. The van der Waals surface area contributed by atoms with Crippen LogP contribution in [0, 0.1) is 0 Å². The highest BCUT2D eigenvalue weighted by Gasteiger charge is 2.25. The highest BCUT2D eigenvalue weighted by atomic mass is 16.5. The normalized spacial score (nSPS) is 22.9. The van der Waals surface area contributed by atoms with Crippen LogP contribution in [0.1, 0.15) is 32.1 Å². The average molecular weight is 462 g/mol. The molecule has 1 N–H and O–H groups in total. The van der Waals surface area contributed by atoms with Gasteiger partial charge < -0.3 is 24.6 Å². The van der Waals surface area contributed by atoms with E-state index in [1.165, 1.54) is 6.42 Å². The van der Waals surface area contributed by atoms with E-state index in [0.717, 1.165) is 93.2 Å². The molecule has 0 radical (unpaired) electrons. The molecule has 0 atom stereocenters. The molecule has 3 fully saturated rings. The van der Waals surface area contributed by atoms with Crippen molar-refractivity contribution in [2.24, 2.45) is 0 Å². The standard InChI is InChI=1S/C25H31N7O2/c1-8-31(9-1)20-16-28-25(29-17-20)30-18-2-4-21(5-3-18)34-23-15-19(32-10-12-33-13-11-32)14-22-24(23)27-7-6-26-22/h6-7,14-18,21H,1-5,8-13H2,(H,28,29,30)/t18-,21+. The van der Waals surface area contributed by atoms with Crippen LogP contribution >= 0.6 is 0 Å². The van der Waals surface area contributed by atoms with Gasteiger partial charge in [-0.05, 0) is 38.2 Å². The predicted molar refractivity (Wildman–Crippen MR) is 132 cm³/mol. The molecular formula is C25H31N7O2. The molecule has 1 aliphatic carbocycles. The van der Waals surface area contributed by atoms with Crippen molar-refractivity contribution in [3.63, 3.8) is 0 Å². The zero-order chi connectivity index (χ0) is 22.7. The highest BCUT2D eigenvalue weighted by molar-refractivity contribution is 5.85. The van der Waals surface area contributed by atoms with Crippen LogP contribution in [-0.4, -0.2) is 71.5 Å². The van der Waals surface area contributed by atoms with Crippen molar-refractivity contribution in [1.82, 2.24) is 19.9 Å². The van der Waals surface area contributed by atoms with Gasteiger partial charge in [0.15, 0.2) is 0 Å². The Bertz CT molecular complexity index is 1110. The maximum Gasteiger partial charge on any atom is 0.222 e. The van der Waals surface area contributed by atoms with Gasteiger partial charge in [0.05, 0.1) is 42.9 Å². The number of benzene rings is 1. The molecule has 3 aliphatic rings. The summed E-state index contributed by atoms with van der Waals surface area (Å²) in [7, 11) is 0. The summed E-state index contributed by atoms with van der Waals surface area (Å²) in [5.41, 5.74) is 3.94. The first-order chi connectivity index (χ1) is 16.8. The number of anilines is 3. The van der Waals surface area contributed by atoms with Crippen LogP contribution in [0.4, 0.5) is 17.3 Å². The van der Waals surface area contributed by atoms with Crippen LogP contribution in [0.15, 0.2) is 36.9 Å². The summed E-state index contributed by atoms with van der Waals surface area (Å²) in [4.78, 5) is 22.8. The molecule has 0 spiro atoms. The third kappa shape index (κ3) is 4.57. The summed E-state index contributed by atoms with van der Waals surface area (Å²) in [6.45, 7) is 5.46. The third-order valence-electron chi connectivity index (χ3n) is 7.06. The largest absolute Gasteiger partial charge is 0.488 e. The maximum atomic E-state index is 6.53. The first-order valence-corrected chi connectivity index (χ1v) is 12.4. The van der Waals surface area contributed by atoms with E-state index in [2.05, 4.69) is 47.2 Å². The van der Waals surface area contributed by atoms with E-state index in [4.69, 9.17) is 9.47 Å². The molecule has 1 aromatic carbocycles. The van der Waals surface area contributed by atoms with Gasteiger partial charge in [0, 0.05) is 56.4 Å². The fourth-order valence-electron chi connectivity index (χ4n) is 4.94. The molecule has 178 valence electrons. The summed E-state index contributed by atoms with van der Waals surface area (Å²) < 4.78 is 12.1. The van der Waals surface area contributed by atoms with Gasteiger partial charge in [-0.2, -0.15) is 0 Å². The van der Waals surface area contributed by atoms with Gasteiger partial charge in [0.25, 0.3) is 0 Å². The van der Waals surface area contributed by atoms with Crippen LogP contribution in [0.25, 0.3) is 11.0 Å². The maximum absolute atomic E-state index is 6.53. The number of hydrogen-bond donors (Lipinski definition) is 1. The van der Waals surface area contributed by atoms with Crippen molar-refractivity contribution in [1.29, 1.82) is 0 Å². The molecule has 9 nitrogen and oxygen atoms in total. The Balaban J connectivity index is 1.09. The zero-order valence-corrected chi connectivity index (χ0v) is 19.4. The van der Waals surface area contributed by atoms with Gasteiger partial charge in [-0.1, -0.05) is 0 Å². The minimum absolute atomic E-state index is 0.165. The summed E-state index contributed by atoms with van der Waals surface area (Å²) in [6.07, 6.45) is 12.8. The number of nitrogens with one attached hydrogen (secondary N) is 1. The smallest absolute Gasteiger partial charge is 0.222 e. The van der Waals surface area contributed by atoms with Crippen molar-refractivity contribution in [2.45, 2.75) is 44.2 Å². The highest BCUT2D eigenvalue weighted by Crippen LogP contribution is 2.33. The Kier molecular flexibility index (Phi) is 6.01. The van der Waals surface area contributed by atoms with E-state index in [-0.39, 0.29) is 6.10 Å². The quantitative estimate of drug-likeness (QED) is 0.594. The third-order valence-corrected chi connectivity index (χ3v) is 7.06. The lowest BCUT2D eigenvalue weighted by atomic mass is 9.93. The molecule has 9 heteroatoms. The molecule has 2 aliphatic heterocycles. The number of ether oxygens (including phenoxy) is 2. The summed E-state index contributed by atoms with van der Waals surface area (Å²) in [5, 5.41) is 3.51. The van der Waals surface area contributed by atoms with Crippen molar-refractivity contribution in [3.8, 4) is 5.75 Å². The van der Waals surface area contributed by atoms with Crippen LogP contribution in [0.5, 0.6) is 5.75 Å². The van der Waals surface area contributed by atoms with Gasteiger partial charge in [-0.15, -0.1) is 0 Å². The lowest BCUT2D eigenvalue weighted by Crippen LogP contribution is -2.37. The first kappa shape index (κ1) is 21.3.